The van der Waals surface area contributed by atoms with Crippen molar-refractivity contribution in [3.05, 3.63) is 47.5 Å². The molecule has 4 amide bonds. The van der Waals surface area contributed by atoms with Crippen LogP contribution in [0.15, 0.2) is 36.4 Å². The molecule has 0 unspecified atom stereocenters. The van der Waals surface area contributed by atoms with E-state index in [1.165, 1.54) is 120 Å². The van der Waals surface area contributed by atoms with E-state index in [9.17, 15) is 54.0 Å². The van der Waals surface area contributed by atoms with E-state index < -0.39 is 71.4 Å². The molecule has 2 aromatic rings. The van der Waals surface area contributed by atoms with Gasteiger partial charge in [0, 0.05) is 69.2 Å². The maximum atomic E-state index is 14.0. The fourth-order valence-electron chi connectivity index (χ4n) is 8.68. The number of β-amino-alcohol motifs (C(OH)–C–C–N with tert-alkyl or cyclic N) is 1. The lowest BCUT2D eigenvalue weighted by Crippen LogP contribution is -2.50. The molecule has 2 heterocycles. The molecule has 15 heteroatoms. The largest absolute Gasteiger partial charge is 0.507 e. The van der Waals surface area contributed by atoms with Gasteiger partial charge in [0.05, 0.1) is 12.1 Å². The first-order valence-electron chi connectivity index (χ1n) is 23.3. The number of benzene rings is 2. The zero-order chi connectivity index (χ0) is 46.9. The second kappa shape index (κ2) is 25.2. The number of carboxylic acids is 1. The Morgan fingerprint density at radius 3 is 2.00 bits per heavy atom. The number of Topliss-reactive ketones (excluding diaryl/α,β-unsaturated/α-hetero) is 2. The fourth-order valence-corrected chi connectivity index (χ4v) is 8.68. The first-order valence-corrected chi connectivity index (χ1v) is 23.3. The highest BCUT2D eigenvalue weighted by Crippen LogP contribution is 2.39. The number of aromatic hydroxyl groups is 2. The molecule has 2 aliphatic heterocycles. The summed E-state index contributed by atoms with van der Waals surface area (Å²) in [6, 6.07) is 3.87. The molecule has 6 atom stereocenters. The van der Waals surface area contributed by atoms with Gasteiger partial charge in [-0.3, -0.25) is 28.8 Å². The Morgan fingerprint density at radius 2 is 1.39 bits per heavy atom. The van der Waals surface area contributed by atoms with Crippen molar-refractivity contribution < 1.29 is 54.0 Å². The van der Waals surface area contributed by atoms with E-state index in [0.29, 0.717) is 12.0 Å². The Balaban J connectivity index is 1.34. The normalized spacial score (nSPS) is 20.5. The average molecular weight is 891 g/mol. The van der Waals surface area contributed by atoms with Gasteiger partial charge in [-0.15, -0.1) is 0 Å². The van der Waals surface area contributed by atoms with Gasteiger partial charge in [0.1, 0.15) is 29.6 Å². The molecule has 2 aliphatic rings. The van der Waals surface area contributed by atoms with Crippen molar-refractivity contribution in [3.63, 3.8) is 0 Å². The molecule has 6 N–H and O–H groups in total. The number of unbranched alkanes of at least 4 members (excludes halogenated alkanes) is 12. The predicted molar refractivity (Wildman–Crippen MR) is 241 cm³/mol. The number of phenols is 2. The molecule has 64 heavy (non-hydrogen) atoms. The van der Waals surface area contributed by atoms with E-state index in [4.69, 9.17) is 0 Å². The Labute approximate surface area is 377 Å². The van der Waals surface area contributed by atoms with Crippen molar-refractivity contribution in [2.75, 3.05) is 13.6 Å². The van der Waals surface area contributed by atoms with Crippen LogP contribution in [-0.2, 0) is 40.0 Å². The number of likely N-dealkylation sites (tertiary alicyclic amines) is 1. The number of hydrogen-bond acceptors (Lipinski definition) is 10. The van der Waals surface area contributed by atoms with Gasteiger partial charge < -0.3 is 40.9 Å². The van der Waals surface area contributed by atoms with Gasteiger partial charge in [-0.1, -0.05) is 103 Å². The van der Waals surface area contributed by atoms with Gasteiger partial charge >= 0.3 is 5.97 Å². The van der Waals surface area contributed by atoms with Gasteiger partial charge in [-0.25, -0.2) is 4.79 Å². The molecule has 0 aromatic heterocycles. The molecule has 15 nitrogen and oxygen atoms in total. The number of fused-ring (bicyclic) bond motifs is 5. The second-order valence-corrected chi connectivity index (χ2v) is 17.9. The zero-order valence-corrected chi connectivity index (χ0v) is 38.1. The number of rotatable bonds is 22. The molecular weight excluding hydrogens is 821 g/mol. The summed E-state index contributed by atoms with van der Waals surface area (Å²) in [6.07, 6.45) is 13.5. The Kier molecular flexibility index (Phi) is 20.2. The average Bonchev–Trinajstić information content (AvgIpc) is 3.66. The summed E-state index contributed by atoms with van der Waals surface area (Å²) in [5.74, 6) is -5.94. The lowest BCUT2D eigenvalue weighted by atomic mass is 9.89. The molecule has 0 radical (unpaired) electrons. The SMILES string of the molecule is CCCCCCCCCCCCCCCC(=O)N1C[C@H](O)C[C@@H]1C(=O)N[C@H](C)C(=O)CCC(=O)N(C)[C@@H]1C(=O)C[C@@H](C)C(=O)N[C@H](C(=O)O)Cc2ccc(O)c(c2)-c2cc1ccc2O. The standard InChI is InChI=1S/C49H70N4O11/c1-5-6-7-8-9-10-11-12-13-14-15-16-17-18-45(60)53-30-35(54)29-39(53)48(62)50-32(3)40(55)23-24-44(59)52(4)46-34-20-22-42(57)37(28-34)36-26-33(19-21-41(36)56)27-38(49(63)64)51-47(61)31(2)25-43(46)58/h19-22,26,28,31-32,35,38-39,46,54,56-57H,5-18,23-25,27,29-30H2,1-4H3,(H,50,62)(H,51,61)(H,63,64)/t31-,32-,35-,38+,39-,46+/m1/s1. The van der Waals surface area contributed by atoms with Crippen LogP contribution in [0.5, 0.6) is 11.5 Å². The number of carbonyl (C=O) groups is 7. The number of carbonyl (C=O) groups excluding carboxylic acids is 6. The lowest BCUT2D eigenvalue weighted by Gasteiger charge is -2.29. The molecule has 352 valence electrons. The number of amides is 4. The van der Waals surface area contributed by atoms with E-state index in [0.717, 1.165) is 24.2 Å². The minimum Gasteiger partial charge on any atom is -0.507 e. The molecule has 1 saturated heterocycles. The number of ketones is 2. The third kappa shape index (κ3) is 14.9. The summed E-state index contributed by atoms with van der Waals surface area (Å²) in [5.41, 5.74) is 0.946. The molecule has 2 aromatic carbocycles. The maximum Gasteiger partial charge on any atom is 0.326 e. The summed E-state index contributed by atoms with van der Waals surface area (Å²) >= 11 is 0. The minimum absolute atomic E-state index is 0.0286. The van der Waals surface area contributed by atoms with E-state index >= 15 is 0 Å². The lowest BCUT2D eigenvalue weighted by molar-refractivity contribution is -0.143. The van der Waals surface area contributed by atoms with Crippen LogP contribution in [-0.4, -0.2) is 109 Å². The van der Waals surface area contributed by atoms with Crippen molar-refractivity contribution in [1.29, 1.82) is 0 Å². The minimum atomic E-state index is -1.36. The van der Waals surface area contributed by atoms with Crippen LogP contribution in [0.4, 0.5) is 0 Å². The molecule has 4 rings (SSSR count). The van der Waals surface area contributed by atoms with Crippen molar-refractivity contribution in [2.24, 2.45) is 5.92 Å². The van der Waals surface area contributed by atoms with Crippen LogP contribution in [0.25, 0.3) is 11.1 Å². The number of likely N-dealkylation sites (N-methyl/N-ethyl adjacent to an activating group) is 1. The third-order valence-corrected chi connectivity index (χ3v) is 12.6. The van der Waals surface area contributed by atoms with Gasteiger partial charge in [-0.05, 0) is 48.7 Å². The molecule has 4 bridgehead atoms. The Bertz CT molecular complexity index is 1950. The topological polar surface area (TPSA) is 231 Å². The predicted octanol–water partition coefficient (Wildman–Crippen LogP) is 6.28. The van der Waals surface area contributed by atoms with Crippen molar-refractivity contribution in [2.45, 2.75) is 173 Å². The van der Waals surface area contributed by atoms with E-state index in [1.807, 2.05) is 0 Å². The van der Waals surface area contributed by atoms with Gasteiger partial charge in [0.25, 0.3) is 0 Å². The van der Waals surface area contributed by atoms with E-state index in [-0.39, 0.29) is 79.2 Å². The maximum absolute atomic E-state index is 14.0. The Hall–Kier alpha value is -5.31. The summed E-state index contributed by atoms with van der Waals surface area (Å²) in [4.78, 5) is 95.6. The van der Waals surface area contributed by atoms with Crippen molar-refractivity contribution in [3.8, 4) is 22.6 Å². The molecule has 0 spiro atoms. The molecule has 0 saturated carbocycles. The monoisotopic (exact) mass is 891 g/mol. The highest BCUT2D eigenvalue weighted by atomic mass is 16.4. The molecule has 1 fully saturated rings. The highest BCUT2D eigenvalue weighted by molar-refractivity contribution is 5.97. The van der Waals surface area contributed by atoms with Crippen LogP contribution in [0.3, 0.4) is 0 Å². The first-order chi connectivity index (χ1) is 30.5. The smallest absolute Gasteiger partial charge is 0.326 e. The summed E-state index contributed by atoms with van der Waals surface area (Å²) in [7, 11) is 1.37. The third-order valence-electron chi connectivity index (χ3n) is 12.6. The summed E-state index contributed by atoms with van der Waals surface area (Å²) in [5, 5.41) is 47.1. The number of aliphatic carboxylic acids is 1. The van der Waals surface area contributed by atoms with Gasteiger partial charge in [0.2, 0.25) is 23.6 Å². The van der Waals surface area contributed by atoms with E-state index in [2.05, 4.69) is 17.6 Å². The van der Waals surface area contributed by atoms with Crippen LogP contribution in [0.1, 0.15) is 154 Å². The fraction of sp³-hybridized carbons (Fsp3) is 0.612. The summed E-state index contributed by atoms with van der Waals surface area (Å²) < 4.78 is 0. The van der Waals surface area contributed by atoms with Gasteiger partial charge in [0.15, 0.2) is 11.6 Å². The van der Waals surface area contributed by atoms with E-state index in [1.54, 1.807) is 0 Å². The van der Waals surface area contributed by atoms with Crippen LogP contribution >= 0.6 is 0 Å². The zero-order valence-electron chi connectivity index (χ0n) is 38.1. The first kappa shape index (κ1) is 51.3. The van der Waals surface area contributed by atoms with Gasteiger partial charge in [-0.2, -0.15) is 0 Å². The summed E-state index contributed by atoms with van der Waals surface area (Å²) in [6.45, 7) is 5.20. The van der Waals surface area contributed by atoms with Crippen LogP contribution in [0.2, 0.25) is 0 Å². The van der Waals surface area contributed by atoms with Crippen LogP contribution in [0, 0.1) is 5.92 Å². The quantitative estimate of drug-likeness (QED) is 0.0721. The number of carboxylic acid groups (broad SMARTS) is 1. The number of phenolic OH excluding ortho intramolecular Hbond substituents is 2. The number of hydrogen-bond donors (Lipinski definition) is 6. The Morgan fingerprint density at radius 1 is 0.812 bits per heavy atom. The number of nitrogens with zero attached hydrogens (tertiary/aromatic N) is 2. The molecule has 0 aliphatic carbocycles. The molecular formula is C49H70N4O11. The highest BCUT2D eigenvalue weighted by Gasteiger charge is 2.39. The number of nitrogens with one attached hydrogen (secondary N) is 2. The van der Waals surface area contributed by atoms with Crippen LogP contribution < -0.4 is 10.6 Å². The number of aliphatic hydroxyl groups is 1. The van der Waals surface area contributed by atoms with Crippen molar-refractivity contribution in [1.82, 2.24) is 20.4 Å². The number of aliphatic hydroxyl groups excluding tert-OH is 1. The van der Waals surface area contributed by atoms with Crippen molar-refractivity contribution >= 4 is 41.2 Å². The second-order valence-electron chi connectivity index (χ2n) is 17.9.